The molecule has 92 valence electrons. The molecule has 15 heavy (non-hydrogen) atoms. The number of rotatable bonds is 10. The lowest BCUT2D eigenvalue weighted by molar-refractivity contribution is 0.258. The smallest absolute Gasteiger partial charge is 0.325 e. The topological polar surface area (TPSA) is 66.8 Å². The van der Waals surface area contributed by atoms with Crippen molar-refractivity contribution in [3.63, 3.8) is 0 Å². The zero-order chi connectivity index (χ0) is 11.6. The highest BCUT2D eigenvalue weighted by Crippen LogP contribution is 2.36. The van der Waals surface area contributed by atoms with Crippen LogP contribution in [0.5, 0.6) is 0 Å². The van der Waals surface area contributed by atoms with E-state index >= 15 is 0 Å². The first-order chi connectivity index (χ1) is 7.06. The van der Waals surface area contributed by atoms with Crippen LogP contribution < -0.4 is 0 Å². The summed E-state index contributed by atoms with van der Waals surface area (Å²) in [7, 11) is -0.142. The standard InChI is InChI=1S/C8H19O4PS2/c1-13(10,11)12-6-4-2-3-5-7-14-15-8-9/h9H,2-8H2,1H3,(H,10,11). The summed E-state index contributed by atoms with van der Waals surface area (Å²) in [6, 6.07) is 0. The molecule has 0 saturated heterocycles. The maximum absolute atomic E-state index is 10.7. The predicted molar refractivity (Wildman–Crippen MR) is 67.3 cm³/mol. The van der Waals surface area contributed by atoms with Gasteiger partial charge >= 0.3 is 7.60 Å². The van der Waals surface area contributed by atoms with Gasteiger partial charge in [0.25, 0.3) is 0 Å². The van der Waals surface area contributed by atoms with E-state index < -0.39 is 7.60 Å². The lowest BCUT2D eigenvalue weighted by Crippen LogP contribution is -1.92. The van der Waals surface area contributed by atoms with Crippen LogP contribution in [0.1, 0.15) is 25.7 Å². The van der Waals surface area contributed by atoms with E-state index in [2.05, 4.69) is 0 Å². The summed E-state index contributed by atoms with van der Waals surface area (Å²) >= 11 is 0. The number of hydrogen-bond acceptors (Lipinski definition) is 5. The average molecular weight is 274 g/mol. The second-order valence-corrected chi connectivity index (χ2v) is 7.54. The molecule has 0 bridgehead atoms. The molecule has 4 nitrogen and oxygen atoms in total. The third-order valence-electron chi connectivity index (χ3n) is 1.59. The Morgan fingerprint density at radius 2 is 1.87 bits per heavy atom. The summed E-state index contributed by atoms with van der Waals surface area (Å²) in [6.07, 6.45) is 4.06. The Labute approximate surface area is 99.1 Å². The van der Waals surface area contributed by atoms with E-state index in [1.54, 1.807) is 10.8 Å². The fourth-order valence-electron chi connectivity index (χ4n) is 0.947. The second-order valence-electron chi connectivity index (χ2n) is 3.12. The lowest BCUT2D eigenvalue weighted by Gasteiger charge is -2.06. The minimum Gasteiger partial charge on any atom is -0.385 e. The van der Waals surface area contributed by atoms with Gasteiger partial charge in [-0.15, -0.1) is 0 Å². The number of unbranched alkanes of at least 4 members (excludes halogenated alkanes) is 3. The van der Waals surface area contributed by atoms with Gasteiger partial charge in [0.1, 0.15) is 0 Å². The minimum atomic E-state index is -3.27. The third kappa shape index (κ3) is 14.8. The summed E-state index contributed by atoms with van der Waals surface area (Å²) in [4.78, 5) is 8.82. The van der Waals surface area contributed by atoms with Crippen molar-refractivity contribution in [2.45, 2.75) is 25.7 Å². The van der Waals surface area contributed by atoms with Gasteiger partial charge < -0.3 is 14.5 Å². The van der Waals surface area contributed by atoms with Gasteiger partial charge in [-0.25, -0.2) is 0 Å². The molecule has 0 spiro atoms. The van der Waals surface area contributed by atoms with Crippen LogP contribution in [-0.2, 0) is 9.09 Å². The fraction of sp³-hybridized carbons (Fsp3) is 1.00. The van der Waals surface area contributed by atoms with Crippen molar-refractivity contribution in [2.75, 3.05) is 25.0 Å². The van der Waals surface area contributed by atoms with Crippen LogP contribution in [0, 0.1) is 0 Å². The van der Waals surface area contributed by atoms with Crippen molar-refractivity contribution in [3.8, 4) is 0 Å². The SMILES string of the molecule is CP(=O)(O)OCCCCCCSSCO. The normalized spacial score (nSPS) is 15.1. The summed E-state index contributed by atoms with van der Waals surface area (Å²) in [5, 5.41) is 8.49. The molecule has 0 aromatic heterocycles. The molecule has 0 aliphatic rings. The van der Waals surface area contributed by atoms with E-state index in [0.717, 1.165) is 31.4 Å². The Morgan fingerprint density at radius 3 is 2.47 bits per heavy atom. The monoisotopic (exact) mass is 274 g/mol. The van der Waals surface area contributed by atoms with E-state index in [1.165, 1.54) is 17.5 Å². The Kier molecular flexibility index (Phi) is 10.5. The summed E-state index contributed by atoms with van der Waals surface area (Å²) in [5.41, 5.74) is 0. The van der Waals surface area contributed by atoms with Crippen molar-refractivity contribution in [1.82, 2.24) is 0 Å². The first-order valence-corrected chi connectivity index (χ1v) is 9.37. The van der Waals surface area contributed by atoms with Crippen LogP contribution in [0.3, 0.4) is 0 Å². The molecule has 0 rings (SSSR count). The van der Waals surface area contributed by atoms with Crippen molar-refractivity contribution in [2.24, 2.45) is 0 Å². The molecule has 2 N–H and O–H groups in total. The molecule has 0 aromatic rings. The Morgan fingerprint density at radius 1 is 1.20 bits per heavy atom. The number of hydrogen-bond donors (Lipinski definition) is 2. The van der Waals surface area contributed by atoms with Crippen molar-refractivity contribution in [1.29, 1.82) is 0 Å². The zero-order valence-electron chi connectivity index (χ0n) is 8.92. The molecule has 1 unspecified atom stereocenters. The minimum absolute atomic E-state index is 0.167. The molecule has 0 aromatic carbocycles. The van der Waals surface area contributed by atoms with E-state index in [1.807, 2.05) is 0 Å². The van der Waals surface area contributed by atoms with Crippen LogP contribution >= 0.6 is 29.2 Å². The first kappa shape index (κ1) is 15.8. The third-order valence-corrected chi connectivity index (χ3v) is 4.29. The van der Waals surface area contributed by atoms with Crippen LogP contribution in [0.4, 0.5) is 0 Å². The van der Waals surface area contributed by atoms with E-state index in [4.69, 9.17) is 14.5 Å². The summed E-state index contributed by atoms with van der Waals surface area (Å²) in [6.45, 7) is 1.57. The van der Waals surface area contributed by atoms with Crippen LogP contribution in [-0.4, -0.2) is 35.0 Å². The largest absolute Gasteiger partial charge is 0.385 e. The first-order valence-electron chi connectivity index (χ1n) is 4.86. The molecule has 0 fully saturated rings. The average Bonchev–Trinajstić information content (AvgIpc) is 2.14. The van der Waals surface area contributed by atoms with Gasteiger partial charge in [-0.05, 0) is 12.8 Å². The molecule has 0 aliphatic carbocycles. The van der Waals surface area contributed by atoms with Gasteiger partial charge in [0.05, 0.1) is 12.5 Å². The zero-order valence-corrected chi connectivity index (χ0v) is 11.5. The van der Waals surface area contributed by atoms with E-state index in [9.17, 15) is 4.57 Å². The van der Waals surface area contributed by atoms with Crippen molar-refractivity contribution in [3.05, 3.63) is 0 Å². The van der Waals surface area contributed by atoms with Crippen LogP contribution in [0.2, 0.25) is 0 Å². The highest BCUT2D eigenvalue weighted by atomic mass is 33.1. The molecule has 1 atom stereocenters. The molecule has 0 radical (unpaired) electrons. The quantitative estimate of drug-likeness (QED) is 0.276. The highest BCUT2D eigenvalue weighted by molar-refractivity contribution is 8.76. The van der Waals surface area contributed by atoms with Gasteiger partial charge in [0.2, 0.25) is 0 Å². The second kappa shape index (κ2) is 10.00. The lowest BCUT2D eigenvalue weighted by atomic mass is 10.2. The molecular weight excluding hydrogens is 255 g/mol. The highest BCUT2D eigenvalue weighted by Gasteiger charge is 2.08. The van der Waals surface area contributed by atoms with Crippen molar-refractivity contribution >= 4 is 29.2 Å². The number of aliphatic hydroxyl groups is 1. The van der Waals surface area contributed by atoms with Gasteiger partial charge in [-0.3, -0.25) is 4.57 Å². The summed E-state index contributed by atoms with van der Waals surface area (Å²) in [5.74, 6) is 1.21. The van der Waals surface area contributed by atoms with Gasteiger partial charge in [0.15, 0.2) is 0 Å². The van der Waals surface area contributed by atoms with Crippen LogP contribution in [0.25, 0.3) is 0 Å². The van der Waals surface area contributed by atoms with E-state index in [0.29, 0.717) is 6.61 Å². The molecule has 0 amide bonds. The maximum atomic E-state index is 10.7. The van der Waals surface area contributed by atoms with Crippen molar-refractivity contribution < 1.29 is 19.1 Å². The molecule has 7 heteroatoms. The molecule has 0 aliphatic heterocycles. The van der Waals surface area contributed by atoms with Gasteiger partial charge in [-0.2, -0.15) is 0 Å². The molecule has 0 saturated carbocycles. The van der Waals surface area contributed by atoms with E-state index in [-0.39, 0.29) is 5.94 Å². The fourth-order valence-corrected chi connectivity index (χ4v) is 2.86. The van der Waals surface area contributed by atoms with Gasteiger partial charge in [-0.1, -0.05) is 34.4 Å². The molecule has 0 heterocycles. The number of aliphatic hydroxyl groups excluding tert-OH is 1. The summed E-state index contributed by atoms with van der Waals surface area (Å²) < 4.78 is 15.5. The Balaban J connectivity index is 3.02. The Hall–Kier alpha value is 0.810. The maximum Gasteiger partial charge on any atom is 0.325 e. The molecular formula is C8H19O4PS2. The van der Waals surface area contributed by atoms with Crippen LogP contribution in [0.15, 0.2) is 0 Å². The van der Waals surface area contributed by atoms with Gasteiger partial charge in [0, 0.05) is 12.4 Å². The predicted octanol–water partition coefficient (Wildman–Crippen LogP) is 2.71. The Bertz CT molecular complexity index is 185.